The Labute approximate surface area is 213 Å². The zero-order valence-electron chi connectivity index (χ0n) is 19.2. The minimum atomic E-state index is -0.374. The van der Waals surface area contributed by atoms with Crippen LogP contribution in [0.25, 0.3) is 6.08 Å². The summed E-state index contributed by atoms with van der Waals surface area (Å²) in [6, 6.07) is 21.8. The Bertz CT molecular complexity index is 1270. The molecule has 1 fully saturated rings. The summed E-state index contributed by atoms with van der Waals surface area (Å²) in [5.41, 5.74) is 3.01. The number of ether oxygens (including phenoxy) is 2. The molecule has 0 aromatic heterocycles. The van der Waals surface area contributed by atoms with Crippen molar-refractivity contribution in [2.45, 2.75) is 13.5 Å². The molecule has 0 bridgehead atoms. The Morgan fingerprint density at radius 2 is 1.71 bits per heavy atom. The molecular weight excluding hydrogens is 484 g/mol. The number of carbonyl (C=O) groups excluding carboxylic acids is 2. The van der Waals surface area contributed by atoms with Crippen LogP contribution >= 0.6 is 23.4 Å². The van der Waals surface area contributed by atoms with Crippen LogP contribution in [0.3, 0.4) is 0 Å². The van der Waals surface area contributed by atoms with Gasteiger partial charge in [-0.2, -0.15) is 0 Å². The molecule has 1 heterocycles. The molecule has 3 aromatic rings. The van der Waals surface area contributed by atoms with Crippen LogP contribution in [0.15, 0.2) is 82.7 Å². The van der Waals surface area contributed by atoms with E-state index in [1.54, 1.807) is 38.2 Å². The van der Waals surface area contributed by atoms with E-state index >= 15 is 0 Å². The second kappa shape index (κ2) is 11.3. The maximum Gasteiger partial charge on any atom is 0.338 e. The number of aliphatic imine (C=N–C) groups is 1. The predicted molar refractivity (Wildman–Crippen MR) is 140 cm³/mol. The number of benzene rings is 3. The van der Waals surface area contributed by atoms with Gasteiger partial charge in [-0.25, -0.2) is 9.79 Å². The van der Waals surface area contributed by atoms with Gasteiger partial charge in [-0.1, -0.05) is 35.9 Å². The van der Waals surface area contributed by atoms with Crippen molar-refractivity contribution in [3.8, 4) is 5.75 Å². The van der Waals surface area contributed by atoms with Crippen molar-refractivity contribution in [3.05, 3.63) is 99.4 Å². The number of likely N-dealkylation sites (N-methyl/N-ethyl adjacent to an activating group) is 1. The van der Waals surface area contributed by atoms with Crippen molar-refractivity contribution in [2.75, 3.05) is 13.7 Å². The maximum atomic E-state index is 12.7. The molecule has 8 heteroatoms. The SMILES string of the molecule is CCOC(=O)c1ccc(N=C2SC(=Cc3ccc(OCc4ccc(Cl)cc4)cc3)C(=O)N2C)cc1. The molecule has 0 saturated carbocycles. The van der Waals surface area contributed by atoms with Crippen LogP contribution in [0.1, 0.15) is 28.4 Å². The van der Waals surface area contributed by atoms with E-state index in [0.717, 1.165) is 16.9 Å². The average Bonchev–Trinajstić information content (AvgIpc) is 3.12. The van der Waals surface area contributed by atoms with E-state index in [4.69, 9.17) is 21.1 Å². The summed E-state index contributed by atoms with van der Waals surface area (Å²) in [5.74, 6) is 0.235. The van der Waals surface area contributed by atoms with E-state index in [0.29, 0.717) is 39.6 Å². The van der Waals surface area contributed by atoms with Gasteiger partial charge in [-0.05, 0) is 84.4 Å². The Kier molecular flexibility index (Phi) is 7.90. The van der Waals surface area contributed by atoms with Crippen molar-refractivity contribution >= 4 is 52.2 Å². The molecule has 0 atom stereocenters. The minimum absolute atomic E-state index is 0.125. The topological polar surface area (TPSA) is 68.2 Å². The summed E-state index contributed by atoms with van der Waals surface area (Å²) < 4.78 is 10.8. The number of rotatable bonds is 7. The number of amides is 1. The molecule has 0 N–H and O–H groups in total. The molecule has 0 radical (unpaired) electrons. The van der Waals surface area contributed by atoms with Crippen molar-refractivity contribution in [3.63, 3.8) is 0 Å². The third kappa shape index (κ3) is 6.32. The van der Waals surface area contributed by atoms with Crippen LogP contribution < -0.4 is 4.74 Å². The average molecular weight is 507 g/mol. The molecule has 4 rings (SSSR count). The van der Waals surface area contributed by atoms with Gasteiger partial charge in [-0.15, -0.1) is 0 Å². The molecule has 1 aliphatic heterocycles. The lowest BCUT2D eigenvalue weighted by atomic mass is 10.2. The van der Waals surface area contributed by atoms with Crippen molar-refractivity contribution < 1.29 is 19.1 Å². The lowest BCUT2D eigenvalue weighted by Crippen LogP contribution is -2.23. The van der Waals surface area contributed by atoms with Crippen LogP contribution in [-0.4, -0.2) is 35.6 Å². The highest BCUT2D eigenvalue weighted by Gasteiger charge is 2.30. The first kappa shape index (κ1) is 24.6. The molecule has 178 valence electrons. The van der Waals surface area contributed by atoms with Crippen molar-refractivity contribution in [1.82, 2.24) is 4.90 Å². The number of hydrogen-bond donors (Lipinski definition) is 0. The van der Waals surface area contributed by atoms with Crippen LogP contribution in [0, 0.1) is 0 Å². The number of thioether (sulfide) groups is 1. The van der Waals surface area contributed by atoms with Crippen LogP contribution in [0.2, 0.25) is 5.02 Å². The zero-order chi connectivity index (χ0) is 24.8. The fourth-order valence-corrected chi connectivity index (χ4v) is 4.32. The van der Waals surface area contributed by atoms with Crippen LogP contribution in [0.5, 0.6) is 5.75 Å². The Morgan fingerprint density at radius 1 is 1.03 bits per heavy atom. The number of halogens is 1. The number of carbonyl (C=O) groups is 2. The van der Waals surface area contributed by atoms with Gasteiger partial charge in [0, 0.05) is 12.1 Å². The molecule has 3 aromatic carbocycles. The molecule has 1 aliphatic rings. The summed E-state index contributed by atoms with van der Waals surface area (Å²) in [6.45, 7) is 2.52. The lowest BCUT2D eigenvalue weighted by molar-refractivity contribution is -0.121. The molecule has 1 amide bonds. The molecular formula is C27H23ClN2O4S. The summed E-state index contributed by atoms with van der Waals surface area (Å²) in [6.07, 6.45) is 1.83. The number of nitrogens with zero attached hydrogens (tertiary/aromatic N) is 2. The monoisotopic (exact) mass is 506 g/mol. The zero-order valence-corrected chi connectivity index (χ0v) is 20.8. The standard InChI is InChI=1S/C27H23ClN2O4S/c1-3-33-26(32)20-8-12-22(13-9-20)29-27-30(2)25(31)24(35-27)16-18-6-14-23(15-7-18)34-17-19-4-10-21(28)11-5-19/h4-16H,3,17H2,1-2H3. The highest BCUT2D eigenvalue weighted by atomic mass is 35.5. The number of esters is 1. The number of amidine groups is 1. The van der Waals surface area contributed by atoms with Gasteiger partial charge < -0.3 is 9.47 Å². The Hall–Kier alpha value is -3.55. The smallest absolute Gasteiger partial charge is 0.338 e. The molecule has 0 aliphatic carbocycles. The second-order valence-electron chi connectivity index (χ2n) is 7.62. The normalized spacial score (nSPS) is 15.6. The van der Waals surface area contributed by atoms with Gasteiger partial charge >= 0.3 is 5.97 Å². The summed E-state index contributed by atoms with van der Waals surface area (Å²) in [4.78, 5) is 31.2. The molecule has 1 saturated heterocycles. The van der Waals surface area contributed by atoms with E-state index in [1.807, 2.05) is 54.6 Å². The third-order valence-electron chi connectivity index (χ3n) is 5.10. The summed E-state index contributed by atoms with van der Waals surface area (Å²) in [7, 11) is 1.69. The maximum absolute atomic E-state index is 12.7. The van der Waals surface area contributed by atoms with Crippen LogP contribution in [0.4, 0.5) is 5.69 Å². The molecule has 6 nitrogen and oxygen atoms in total. The second-order valence-corrected chi connectivity index (χ2v) is 9.07. The first-order chi connectivity index (χ1) is 16.9. The lowest BCUT2D eigenvalue weighted by Gasteiger charge is -2.07. The molecule has 0 unspecified atom stereocenters. The van der Waals surface area contributed by atoms with Crippen molar-refractivity contribution in [1.29, 1.82) is 0 Å². The quantitative estimate of drug-likeness (QED) is 0.276. The predicted octanol–water partition coefficient (Wildman–Crippen LogP) is 6.33. The van der Waals surface area contributed by atoms with Gasteiger partial charge in [0.05, 0.1) is 22.8 Å². The number of hydrogen-bond acceptors (Lipinski definition) is 6. The van der Waals surface area contributed by atoms with Gasteiger partial charge in [0.25, 0.3) is 5.91 Å². The third-order valence-corrected chi connectivity index (χ3v) is 6.42. The van der Waals surface area contributed by atoms with Gasteiger partial charge in [0.15, 0.2) is 5.17 Å². The summed E-state index contributed by atoms with van der Waals surface area (Å²) >= 11 is 7.21. The van der Waals surface area contributed by atoms with Gasteiger partial charge in [0.2, 0.25) is 0 Å². The van der Waals surface area contributed by atoms with Gasteiger partial charge in [-0.3, -0.25) is 9.69 Å². The summed E-state index contributed by atoms with van der Waals surface area (Å²) in [5, 5.41) is 1.25. The Balaban J connectivity index is 1.41. The van der Waals surface area contributed by atoms with E-state index < -0.39 is 0 Å². The van der Waals surface area contributed by atoms with E-state index in [2.05, 4.69) is 4.99 Å². The minimum Gasteiger partial charge on any atom is -0.489 e. The Morgan fingerprint density at radius 3 is 2.37 bits per heavy atom. The first-order valence-electron chi connectivity index (χ1n) is 10.9. The molecule has 35 heavy (non-hydrogen) atoms. The highest BCUT2D eigenvalue weighted by Crippen LogP contribution is 2.33. The fraction of sp³-hybridized carbons (Fsp3) is 0.148. The van der Waals surface area contributed by atoms with E-state index in [-0.39, 0.29) is 11.9 Å². The largest absolute Gasteiger partial charge is 0.489 e. The van der Waals surface area contributed by atoms with Crippen molar-refractivity contribution in [2.24, 2.45) is 4.99 Å². The van der Waals surface area contributed by atoms with Crippen LogP contribution in [-0.2, 0) is 16.1 Å². The highest BCUT2D eigenvalue weighted by molar-refractivity contribution is 8.18. The first-order valence-corrected chi connectivity index (χ1v) is 12.1. The fourth-order valence-electron chi connectivity index (χ4n) is 3.21. The van der Waals surface area contributed by atoms with Gasteiger partial charge in [0.1, 0.15) is 12.4 Å². The van der Waals surface area contributed by atoms with E-state index in [1.165, 1.54) is 16.7 Å². The molecule has 0 spiro atoms. The van der Waals surface area contributed by atoms with E-state index in [9.17, 15) is 9.59 Å².